The second kappa shape index (κ2) is 4.64. The van der Waals surface area contributed by atoms with Gasteiger partial charge in [-0.05, 0) is 0 Å². The molecule has 1 aromatic heterocycles. The third kappa shape index (κ3) is 2.41. The summed E-state index contributed by atoms with van der Waals surface area (Å²) < 4.78 is 0. The van der Waals surface area contributed by atoms with E-state index >= 15 is 0 Å². The van der Waals surface area contributed by atoms with Crippen molar-refractivity contribution in [3.05, 3.63) is 15.6 Å². The topological polar surface area (TPSA) is 59.5 Å². The van der Waals surface area contributed by atoms with Gasteiger partial charge in [0.25, 0.3) is 0 Å². The molecule has 0 saturated carbocycles. The summed E-state index contributed by atoms with van der Waals surface area (Å²) >= 11 is 1.21. The van der Waals surface area contributed by atoms with Gasteiger partial charge in [-0.1, -0.05) is 0 Å². The van der Waals surface area contributed by atoms with Gasteiger partial charge in [0.2, 0.25) is 0 Å². The molecule has 0 unspecified atom stereocenters. The van der Waals surface area contributed by atoms with Crippen molar-refractivity contribution in [2.75, 3.05) is 14.1 Å². The van der Waals surface area contributed by atoms with Crippen LogP contribution >= 0.6 is 11.3 Å². The average Bonchev–Trinajstić information content (AvgIpc) is 2.48. The molecule has 15 heavy (non-hydrogen) atoms. The van der Waals surface area contributed by atoms with Gasteiger partial charge in [-0.15, -0.1) is 11.3 Å². The van der Waals surface area contributed by atoms with E-state index in [1.165, 1.54) is 11.3 Å². The Morgan fingerprint density at radius 1 is 1.40 bits per heavy atom. The minimum absolute atomic E-state index is 0. The molecule has 0 spiro atoms. The minimum atomic E-state index is -1.19. The Labute approximate surface area is 104 Å². The van der Waals surface area contributed by atoms with E-state index in [-0.39, 0.29) is 23.9 Å². The van der Waals surface area contributed by atoms with Crippen LogP contribution in [0, 0.1) is 0 Å². The largest absolute Gasteiger partial charge is 1.00 e. The van der Waals surface area contributed by atoms with Gasteiger partial charge in [0, 0.05) is 25.5 Å². The van der Waals surface area contributed by atoms with Crippen LogP contribution in [-0.2, 0) is 13.1 Å². The number of rotatable bonds is 1. The van der Waals surface area contributed by atoms with Crippen LogP contribution in [-0.4, -0.2) is 35.1 Å². The van der Waals surface area contributed by atoms with Crippen LogP contribution in [0.2, 0.25) is 0 Å². The number of fused-ring (bicyclic) bond motifs is 1. The standard InChI is InChI=1S/C8H11N3O2S.Li/c1-10-3-5-6(4-11(10)2)14-7(9-5)8(12)13;/h3-4H2,1-2H3,(H,12,13);/q;+1/p-1. The molecule has 1 aromatic rings. The predicted molar refractivity (Wildman–Crippen MR) is 49.4 cm³/mol. The number of hydrogen-bond donors (Lipinski definition) is 0. The van der Waals surface area contributed by atoms with E-state index in [0.29, 0.717) is 6.54 Å². The Bertz CT molecular complexity index is 354. The van der Waals surface area contributed by atoms with E-state index in [0.717, 1.165) is 17.1 Å². The predicted octanol–water partition coefficient (Wildman–Crippen LogP) is -3.70. The van der Waals surface area contributed by atoms with Gasteiger partial charge in [-0.2, -0.15) is 0 Å². The number of thiazole rings is 1. The third-order valence-electron chi connectivity index (χ3n) is 2.29. The van der Waals surface area contributed by atoms with E-state index in [9.17, 15) is 9.90 Å². The fraction of sp³-hybridized carbons (Fsp3) is 0.500. The summed E-state index contributed by atoms with van der Waals surface area (Å²) in [7, 11) is 3.91. The summed E-state index contributed by atoms with van der Waals surface area (Å²) in [5.74, 6) is -1.19. The zero-order valence-electron chi connectivity index (χ0n) is 8.98. The van der Waals surface area contributed by atoms with Gasteiger partial charge < -0.3 is 9.90 Å². The maximum absolute atomic E-state index is 10.6. The van der Waals surface area contributed by atoms with Crippen molar-refractivity contribution >= 4 is 17.3 Å². The van der Waals surface area contributed by atoms with Gasteiger partial charge in [-0.3, -0.25) is 0 Å². The van der Waals surface area contributed by atoms with Crippen molar-refractivity contribution in [2.24, 2.45) is 0 Å². The van der Waals surface area contributed by atoms with Crippen molar-refractivity contribution in [1.29, 1.82) is 0 Å². The van der Waals surface area contributed by atoms with Crippen LogP contribution in [0.5, 0.6) is 0 Å². The van der Waals surface area contributed by atoms with E-state index < -0.39 is 5.97 Å². The van der Waals surface area contributed by atoms with Gasteiger partial charge in [0.1, 0.15) is 11.0 Å². The van der Waals surface area contributed by atoms with Crippen LogP contribution in [0.15, 0.2) is 0 Å². The van der Waals surface area contributed by atoms with Crippen LogP contribution in [0.25, 0.3) is 0 Å². The molecule has 7 heteroatoms. The molecular weight excluding hydrogens is 209 g/mol. The molecule has 2 rings (SSSR count). The molecule has 0 saturated heterocycles. The molecule has 0 amide bonds. The first-order chi connectivity index (χ1) is 6.58. The Morgan fingerprint density at radius 3 is 2.60 bits per heavy atom. The number of aromatic nitrogens is 1. The zero-order valence-corrected chi connectivity index (χ0v) is 9.80. The third-order valence-corrected chi connectivity index (χ3v) is 3.35. The second-order valence-electron chi connectivity index (χ2n) is 3.31. The number of carboxylic acid groups (broad SMARTS) is 1. The van der Waals surface area contributed by atoms with Crippen LogP contribution in [0.4, 0.5) is 0 Å². The molecule has 1 aliphatic rings. The smallest absolute Gasteiger partial charge is 0.542 e. The Balaban J connectivity index is 0.00000112. The van der Waals surface area contributed by atoms with Crippen molar-refractivity contribution in [3.8, 4) is 0 Å². The van der Waals surface area contributed by atoms with Crippen LogP contribution in [0.3, 0.4) is 0 Å². The first-order valence-electron chi connectivity index (χ1n) is 4.20. The number of nitrogens with zero attached hydrogens (tertiary/aromatic N) is 3. The first kappa shape index (κ1) is 12.7. The normalized spacial score (nSPS) is 16.9. The Morgan fingerprint density at radius 2 is 2.00 bits per heavy atom. The monoisotopic (exact) mass is 219 g/mol. The maximum Gasteiger partial charge on any atom is 1.00 e. The van der Waals surface area contributed by atoms with E-state index in [2.05, 4.69) is 4.98 Å². The molecule has 0 N–H and O–H groups in total. The number of hydrogen-bond acceptors (Lipinski definition) is 6. The number of carbonyl (C=O) groups is 1. The summed E-state index contributed by atoms with van der Waals surface area (Å²) in [6.45, 7) is 1.38. The van der Waals surface area contributed by atoms with E-state index in [4.69, 9.17) is 0 Å². The molecule has 0 aliphatic carbocycles. The molecule has 2 heterocycles. The molecule has 0 atom stereocenters. The van der Waals surface area contributed by atoms with Gasteiger partial charge >= 0.3 is 18.9 Å². The molecule has 0 bridgehead atoms. The van der Waals surface area contributed by atoms with Gasteiger partial charge in [-0.25, -0.2) is 15.0 Å². The van der Waals surface area contributed by atoms with Gasteiger partial charge in [0.05, 0.1) is 12.2 Å². The van der Waals surface area contributed by atoms with Crippen LogP contribution < -0.4 is 24.0 Å². The summed E-state index contributed by atoms with van der Waals surface area (Å²) in [5, 5.41) is 14.7. The van der Waals surface area contributed by atoms with E-state index in [1.54, 1.807) is 0 Å². The Kier molecular flexibility index (Phi) is 3.92. The SMILES string of the molecule is CN1Cc2nc(C(=O)[O-])sc2CN1C.[Li+]. The summed E-state index contributed by atoms with van der Waals surface area (Å²) in [6, 6.07) is 0. The van der Waals surface area contributed by atoms with Crippen molar-refractivity contribution in [3.63, 3.8) is 0 Å². The molecule has 1 aliphatic heterocycles. The van der Waals surface area contributed by atoms with Crippen molar-refractivity contribution < 1.29 is 28.8 Å². The first-order valence-corrected chi connectivity index (χ1v) is 5.01. The Hall–Kier alpha value is -0.383. The fourth-order valence-electron chi connectivity index (χ4n) is 1.38. The number of carbonyl (C=O) groups excluding carboxylic acids is 1. The van der Waals surface area contributed by atoms with E-state index in [1.807, 2.05) is 24.1 Å². The fourth-order valence-corrected chi connectivity index (χ4v) is 2.34. The molecule has 0 radical (unpaired) electrons. The number of carboxylic acids is 1. The molecule has 5 nitrogen and oxygen atoms in total. The second-order valence-corrected chi connectivity index (χ2v) is 4.39. The number of hydrazine groups is 1. The minimum Gasteiger partial charge on any atom is -0.542 e. The maximum atomic E-state index is 10.6. The van der Waals surface area contributed by atoms with Crippen molar-refractivity contribution in [2.45, 2.75) is 13.1 Å². The zero-order chi connectivity index (χ0) is 10.3. The molecular formula is C8H10LiN3O2S. The summed E-state index contributed by atoms with van der Waals surface area (Å²) in [5.41, 5.74) is 0.856. The van der Waals surface area contributed by atoms with Crippen LogP contribution in [0.1, 0.15) is 20.4 Å². The number of aromatic carboxylic acids is 1. The molecule has 76 valence electrons. The quantitative estimate of drug-likeness (QED) is 0.455. The summed E-state index contributed by atoms with van der Waals surface area (Å²) in [4.78, 5) is 15.6. The summed E-state index contributed by atoms with van der Waals surface area (Å²) in [6.07, 6.45) is 0. The average molecular weight is 219 g/mol. The molecule has 0 aromatic carbocycles. The van der Waals surface area contributed by atoms with Crippen molar-refractivity contribution in [1.82, 2.24) is 15.0 Å². The van der Waals surface area contributed by atoms with Gasteiger partial charge in [0.15, 0.2) is 0 Å². The molecule has 0 fully saturated rings.